The zero-order valence-corrected chi connectivity index (χ0v) is 8.79. The molecular formula is C13H20. The molecule has 0 aromatic carbocycles. The predicted octanol–water partition coefficient (Wildman–Crippen LogP) is 4.42. The van der Waals surface area contributed by atoms with Gasteiger partial charge < -0.3 is 0 Å². The van der Waals surface area contributed by atoms with Crippen LogP contribution in [0.5, 0.6) is 0 Å². The van der Waals surface area contributed by atoms with Crippen molar-refractivity contribution in [3.05, 3.63) is 48.6 Å². The smallest absolute Gasteiger partial charge is 0.0320 e. The monoisotopic (exact) mass is 176 g/mol. The Morgan fingerprint density at radius 2 is 2.00 bits per heavy atom. The van der Waals surface area contributed by atoms with Gasteiger partial charge >= 0.3 is 0 Å². The molecule has 0 N–H and O–H groups in total. The van der Waals surface area contributed by atoms with Crippen LogP contribution in [0.25, 0.3) is 0 Å². The Morgan fingerprint density at radius 1 is 1.23 bits per heavy atom. The molecule has 0 amide bonds. The number of rotatable bonds is 6. The molecule has 0 aromatic heterocycles. The summed E-state index contributed by atoms with van der Waals surface area (Å²) < 4.78 is 0. The molecule has 72 valence electrons. The van der Waals surface area contributed by atoms with E-state index in [1.807, 2.05) is 12.2 Å². The topological polar surface area (TPSA) is 0 Å². The highest BCUT2D eigenvalue weighted by Gasteiger charge is 1.85. The van der Waals surface area contributed by atoms with E-state index in [2.05, 4.69) is 38.7 Å². The first-order chi connectivity index (χ1) is 6.31. The van der Waals surface area contributed by atoms with Crippen LogP contribution in [0.1, 0.15) is 33.1 Å². The van der Waals surface area contributed by atoms with E-state index in [1.165, 1.54) is 18.4 Å². The third kappa shape index (κ3) is 8.87. The van der Waals surface area contributed by atoms with Crippen molar-refractivity contribution >= 4 is 0 Å². The van der Waals surface area contributed by atoms with Crippen LogP contribution in [0.2, 0.25) is 0 Å². The molecule has 0 spiro atoms. The Bertz CT molecular complexity index is 204. The van der Waals surface area contributed by atoms with Crippen LogP contribution >= 0.6 is 0 Å². The van der Waals surface area contributed by atoms with Crippen LogP contribution in [-0.4, -0.2) is 0 Å². The Labute approximate surface area is 82.4 Å². The van der Waals surface area contributed by atoms with Gasteiger partial charge in [0.05, 0.1) is 0 Å². The SMILES string of the molecule is C=C/C=C\C=C/CCC/C(C)=C/C. The van der Waals surface area contributed by atoms with Gasteiger partial charge in [0.15, 0.2) is 0 Å². The van der Waals surface area contributed by atoms with Gasteiger partial charge in [-0.3, -0.25) is 0 Å². The summed E-state index contributed by atoms with van der Waals surface area (Å²) in [6.07, 6.45) is 15.8. The first-order valence-electron chi connectivity index (χ1n) is 4.87. The molecular weight excluding hydrogens is 156 g/mol. The minimum Gasteiger partial charge on any atom is -0.0991 e. The molecule has 0 bridgehead atoms. The molecule has 0 heterocycles. The van der Waals surface area contributed by atoms with Gasteiger partial charge in [0.25, 0.3) is 0 Å². The van der Waals surface area contributed by atoms with Crippen molar-refractivity contribution in [1.82, 2.24) is 0 Å². The van der Waals surface area contributed by atoms with Gasteiger partial charge in [-0.2, -0.15) is 0 Å². The summed E-state index contributed by atoms with van der Waals surface area (Å²) in [5.41, 5.74) is 1.48. The highest BCUT2D eigenvalue weighted by atomic mass is 13.9. The van der Waals surface area contributed by atoms with E-state index in [4.69, 9.17) is 0 Å². The maximum absolute atomic E-state index is 3.60. The molecule has 0 fully saturated rings. The zero-order chi connectivity index (χ0) is 9.94. The lowest BCUT2D eigenvalue weighted by atomic mass is 10.1. The second-order valence-electron chi connectivity index (χ2n) is 3.08. The standard InChI is InChI=1S/C13H20/c1-4-6-7-8-9-10-11-12-13(3)5-2/h4-9H,1,10-12H2,2-3H3/b7-6-,9-8-,13-5+. The summed E-state index contributed by atoms with van der Waals surface area (Å²) in [6.45, 7) is 7.88. The molecule has 0 rings (SSSR count). The van der Waals surface area contributed by atoms with Crippen LogP contribution in [0.15, 0.2) is 48.6 Å². The maximum Gasteiger partial charge on any atom is -0.0320 e. The summed E-state index contributed by atoms with van der Waals surface area (Å²) in [5, 5.41) is 0. The molecule has 0 saturated carbocycles. The molecule has 0 saturated heterocycles. The van der Waals surface area contributed by atoms with E-state index in [-0.39, 0.29) is 0 Å². The zero-order valence-electron chi connectivity index (χ0n) is 8.79. The van der Waals surface area contributed by atoms with E-state index in [1.54, 1.807) is 6.08 Å². The number of allylic oxidation sites excluding steroid dienone is 7. The summed E-state index contributed by atoms with van der Waals surface area (Å²) in [5.74, 6) is 0. The van der Waals surface area contributed by atoms with E-state index < -0.39 is 0 Å². The molecule has 0 heteroatoms. The molecule has 0 aliphatic rings. The molecule has 0 nitrogen and oxygen atoms in total. The van der Waals surface area contributed by atoms with Crippen molar-refractivity contribution in [1.29, 1.82) is 0 Å². The third-order valence-corrected chi connectivity index (χ3v) is 1.93. The van der Waals surface area contributed by atoms with Crippen molar-refractivity contribution in [2.45, 2.75) is 33.1 Å². The second-order valence-corrected chi connectivity index (χ2v) is 3.08. The molecule has 0 unspecified atom stereocenters. The first-order valence-corrected chi connectivity index (χ1v) is 4.87. The summed E-state index contributed by atoms with van der Waals surface area (Å²) in [7, 11) is 0. The van der Waals surface area contributed by atoms with Gasteiger partial charge in [0.2, 0.25) is 0 Å². The predicted molar refractivity (Wildman–Crippen MR) is 61.8 cm³/mol. The lowest BCUT2D eigenvalue weighted by Crippen LogP contribution is -1.75. The Morgan fingerprint density at radius 3 is 2.62 bits per heavy atom. The fourth-order valence-corrected chi connectivity index (χ4v) is 0.961. The third-order valence-electron chi connectivity index (χ3n) is 1.93. The van der Waals surface area contributed by atoms with E-state index in [0.29, 0.717) is 0 Å². The fraction of sp³-hybridized carbons (Fsp3) is 0.385. The normalized spacial score (nSPS) is 12.9. The molecule has 0 aliphatic heterocycles. The minimum absolute atomic E-state index is 1.16. The average Bonchev–Trinajstić information content (AvgIpc) is 2.16. The van der Waals surface area contributed by atoms with Gasteiger partial charge in [-0.05, 0) is 33.1 Å². The Hall–Kier alpha value is -1.04. The van der Waals surface area contributed by atoms with E-state index >= 15 is 0 Å². The highest BCUT2D eigenvalue weighted by Crippen LogP contribution is 2.06. The summed E-state index contributed by atoms with van der Waals surface area (Å²) in [6, 6.07) is 0. The van der Waals surface area contributed by atoms with E-state index in [9.17, 15) is 0 Å². The molecule has 0 radical (unpaired) electrons. The number of hydrogen-bond donors (Lipinski definition) is 0. The Balaban J connectivity index is 3.40. The van der Waals surface area contributed by atoms with Crippen molar-refractivity contribution in [3.8, 4) is 0 Å². The lowest BCUT2D eigenvalue weighted by molar-refractivity contribution is 0.831. The van der Waals surface area contributed by atoms with Crippen molar-refractivity contribution < 1.29 is 0 Å². The quantitative estimate of drug-likeness (QED) is 0.319. The van der Waals surface area contributed by atoms with Crippen LogP contribution in [0.3, 0.4) is 0 Å². The number of unbranched alkanes of at least 4 members (excludes halogenated alkanes) is 1. The molecule has 13 heavy (non-hydrogen) atoms. The Kier molecular flexibility index (Phi) is 8.33. The van der Waals surface area contributed by atoms with Crippen molar-refractivity contribution in [2.24, 2.45) is 0 Å². The number of hydrogen-bond acceptors (Lipinski definition) is 0. The maximum atomic E-state index is 3.60. The van der Waals surface area contributed by atoms with Gasteiger partial charge in [0.1, 0.15) is 0 Å². The average molecular weight is 176 g/mol. The van der Waals surface area contributed by atoms with Crippen molar-refractivity contribution in [3.63, 3.8) is 0 Å². The van der Waals surface area contributed by atoms with Crippen LogP contribution < -0.4 is 0 Å². The first kappa shape index (κ1) is 12.0. The largest absolute Gasteiger partial charge is 0.0991 e. The van der Waals surface area contributed by atoms with Crippen LogP contribution in [-0.2, 0) is 0 Å². The van der Waals surface area contributed by atoms with Crippen LogP contribution in [0, 0.1) is 0 Å². The fourth-order valence-electron chi connectivity index (χ4n) is 0.961. The molecule has 0 aromatic rings. The van der Waals surface area contributed by atoms with Crippen molar-refractivity contribution in [2.75, 3.05) is 0 Å². The van der Waals surface area contributed by atoms with Gasteiger partial charge in [-0.1, -0.05) is 48.6 Å². The van der Waals surface area contributed by atoms with Gasteiger partial charge in [-0.15, -0.1) is 0 Å². The van der Waals surface area contributed by atoms with E-state index in [0.717, 1.165) is 6.42 Å². The van der Waals surface area contributed by atoms with Gasteiger partial charge in [-0.25, -0.2) is 0 Å². The van der Waals surface area contributed by atoms with Crippen LogP contribution in [0.4, 0.5) is 0 Å². The van der Waals surface area contributed by atoms with Gasteiger partial charge in [0, 0.05) is 0 Å². The second kappa shape index (κ2) is 9.05. The summed E-state index contributed by atoms with van der Waals surface area (Å²) in [4.78, 5) is 0. The highest BCUT2D eigenvalue weighted by molar-refractivity contribution is 5.08. The molecule has 0 aliphatic carbocycles. The lowest BCUT2D eigenvalue weighted by Gasteiger charge is -1.96. The minimum atomic E-state index is 1.16. The molecule has 0 atom stereocenters. The summed E-state index contributed by atoms with van der Waals surface area (Å²) >= 11 is 0.